The summed E-state index contributed by atoms with van der Waals surface area (Å²) >= 11 is 0. The van der Waals surface area contributed by atoms with E-state index in [1.165, 1.54) is 5.56 Å². The van der Waals surface area contributed by atoms with E-state index in [1.807, 2.05) is 19.1 Å². The van der Waals surface area contributed by atoms with Crippen molar-refractivity contribution in [2.45, 2.75) is 46.6 Å². The van der Waals surface area contributed by atoms with Gasteiger partial charge >= 0.3 is 0 Å². The zero-order valence-electron chi connectivity index (χ0n) is 10.7. The molecule has 1 unspecified atom stereocenters. The second-order valence-corrected chi connectivity index (χ2v) is 4.55. The van der Waals surface area contributed by atoms with E-state index < -0.39 is 0 Å². The topological polar surface area (TPSA) is 26.3 Å². The molecule has 0 aliphatic heterocycles. The number of ketones is 1. The van der Waals surface area contributed by atoms with Gasteiger partial charge in [0.25, 0.3) is 0 Å². The fourth-order valence-electron chi connectivity index (χ4n) is 1.38. The Bertz CT molecular complexity index is 380. The monoisotopic (exact) mass is 220 g/mol. The molecule has 0 aromatic heterocycles. The summed E-state index contributed by atoms with van der Waals surface area (Å²) < 4.78 is 5.65. The summed E-state index contributed by atoms with van der Waals surface area (Å²) in [6.07, 6.45) is -0.374. The van der Waals surface area contributed by atoms with Crippen molar-refractivity contribution in [1.29, 1.82) is 0 Å². The van der Waals surface area contributed by atoms with E-state index in [2.05, 4.69) is 19.9 Å². The summed E-state index contributed by atoms with van der Waals surface area (Å²) in [6.45, 7) is 9.61. The molecular formula is C14H20O2. The van der Waals surface area contributed by atoms with Crippen LogP contribution in [0.5, 0.6) is 5.75 Å². The lowest BCUT2D eigenvalue weighted by Crippen LogP contribution is -2.21. The van der Waals surface area contributed by atoms with E-state index in [0.29, 0.717) is 5.92 Å². The lowest BCUT2D eigenvalue weighted by atomic mass is 10.0. The molecule has 0 saturated heterocycles. The third-order valence-electron chi connectivity index (χ3n) is 2.76. The van der Waals surface area contributed by atoms with Crippen molar-refractivity contribution in [1.82, 2.24) is 0 Å². The van der Waals surface area contributed by atoms with Crippen LogP contribution < -0.4 is 4.74 Å². The Morgan fingerprint density at radius 1 is 1.25 bits per heavy atom. The average Bonchev–Trinajstić information content (AvgIpc) is 2.20. The molecule has 0 aliphatic rings. The number of rotatable bonds is 4. The fraction of sp³-hybridized carbons (Fsp3) is 0.500. The molecule has 1 atom stereocenters. The molecule has 0 amide bonds. The number of Topliss-reactive ketones (excluding diaryl/α,β-unsaturated/α-hetero) is 1. The summed E-state index contributed by atoms with van der Waals surface area (Å²) in [7, 11) is 0. The Morgan fingerprint density at radius 2 is 1.88 bits per heavy atom. The summed E-state index contributed by atoms with van der Waals surface area (Å²) in [5.41, 5.74) is 2.30. The van der Waals surface area contributed by atoms with Crippen LogP contribution in [0.3, 0.4) is 0 Å². The summed E-state index contributed by atoms with van der Waals surface area (Å²) in [4.78, 5) is 11.2. The maximum absolute atomic E-state index is 11.2. The minimum absolute atomic E-state index is 0.0503. The van der Waals surface area contributed by atoms with Gasteiger partial charge in [-0.25, -0.2) is 0 Å². The smallest absolute Gasteiger partial charge is 0.169 e. The number of hydrogen-bond acceptors (Lipinski definition) is 2. The normalized spacial score (nSPS) is 12.6. The lowest BCUT2D eigenvalue weighted by Gasteiger charge is -2.16. The standard InChI is InChI=1S/C14H20O2/c1-9(2)13-7-6-10(3)14(8-13)16-12(5)11(4)15/h6-9,12H,1-5H3. The van der Waals surface area contributed by atoms with Gasteiger partial charge in [0.15, 0.2) is 11.9 Å². The molecule has 0 radical (unpaired) electrons. The van der Waals surface area contributed by atoms with Crippen LogP contribution in [0.4, 0.5) is 0 Å². The maximum Gasteiger partial charge on any atom is 0.169 e. The number of benzene rings is 1. The number of carbonyl (C=O) groups is 1. The van der Waals surface area contributed by atoms with E-state index >= 15 is 0 Å². The van der Waals surface area contributed by atoms with Crippen LogP contribution >= 0.6 is 0 Å². The van der Waals surface area contributed by atoms with Gasteiger partial charge in [-0.1, -0.05) is 26.0 Å². The number of hydrogen-bond donors (Lipinski definition) is 0. The van der Waals surface area contributed by atoms with Gasteiger partial charge in [0.05, 0.1) is 0 Å². The SMILES string of the molecule is CC(=O)C(C)Oc1cc(C(C)C)ccc1C. The Balaban J connectivity index is 2.94. The molecule has 1 aromatic rings. The van der Waals surface area contributed by atoms with E-state index in [4.69, 9.17) is 4.74 Å². The number of ether oxygens (including phenoxy) is 1. The quantitative estimate of drug-likeness (QED) is 0.776. The fourth-order valence-corrected chi connectivity index (χ4v) is 1.38. The molecule has 0 aliphatic carbocycles. The molecule has 0 fully saturated rings. The van der Waals surface area contributed by atoms with E-state index in [0.717, 1.165) is 11.3 Å². The molecule has 1 aromatic carbocycles. The van der Waals surface area contributed by atoms with E-state index in [-0.39, 0.29) is 11.9 Å². The lowest BCUT2D eigenvalue weighted by molar-refractivity contribution is -0.122. The molecule has 0 heterocycles. The van der Waals surface area contributed by atoms with Gasteiger partial charge in [0.1, 0.15) is 5.75 Å². The van der Waals surface area contributed by atoms with Gasteiger partial charge < -0.3 is 4.74 Å². The molecule has 0 bridgehead atoms. The first-order valence-corrected chi connectivity index (χ1v) is 5.69. The third-order valence-corrected chi connectivity index (χ3v) is 2.76. The summed E-state index contributed by atoms with van der Waals surface area (Å²) in [5.74, 6) is 1.33. The first-order valence-electron chi connectivity index (χ1n) is 5.69. The molecule has 2 heteroatoms. The van der Waals surface area contributed by atoms with Crippen LogP contribution in [-0.4, -0.2) is 11.9 Å². The Hall–Kier alpha value is -1.31. The maximum atomic E-state index is 11.2. The van der Waals surface area contributed by atoms with Crippen molar-refractivity contribution < 1.29 is 9.53 Å². The van der Waals surface area contributed by atoms with Gasteiger partial charge in [-0.05, 0) is 43.9 Å². The van der Waals surface area contributed by atoms with Crippen molar-refractivity contribution >= 4 is 5.78 Å². The highest BCUT2D eigenvalue weighted by atomic mass is 16.5. The summed E-state index contributed by atoms with van der Waals surface area (Å²) in [5, 5.41) is 0. The molecule has 1 rings (SSSR count). The predicted octanol–water partition coefficient (Wildman–Crippen LogP) is 3.47. The van der Waals surface area contributed by atoms with Crippen molar-refractivity contribution in [3.05, 3.63) is 29.3 Å². The molecule has 0 saturated carbocycles. The van der Waals surface area contributed by atoms with E-state index in [1.54, 1.807) is 13.8 Å². The highest BCUT2D eigenvalue weighted by Crippen LogP contribution is 2.25. The molecular weight excluding hydrogens is 200 g/mol. The van der Waals surface area contributed by atoms with Gasteiger partial charge in [-0.2, -0.15) is 0 Å². The molecule has 2 nitrogen and oxygen atoms in total. The van der Waals surface area contributed by atoms with Crippen molar-refractivity contribution in [2.24, 2.45) is 0 Å². The van der Waals surface area contributed by atoms with Crippen LogP contribution in [0.25, 0.3) is 0 Å². The zero-order chi connectivity index (χ0) is 12.3. The Kier molecular flexibility index (Phi) is 4.11. The van der Waals surface area contributed by atoms with Gasteiger partial charge in [0, 0.05) is 0 Å². The van der Waals surface area contributed by atoms with E-state index in [9.17, 15) is 4.79 Å². The molecule has 0 spiro atoms. The van der Waals surface area contributed by atoms with Crippen LogP contribution in [0.2, 0.25) is 0 Å². The number of aryl methyl sites for hydroxylation is 1. The molecule has 16 heavy (non-hydrogen) atoms. The van der Waals surface area contributed by atoms with Gasteiger partial charge in [-0.15, -0.1) is 0 Å². The second kappa shape index (κ2) is 5.15. The van der Waals surface area contributed by atoms with Crippen LogP contribution in [-0.2, 0) is 4.79 Å². The average molecular weight is 220 g/mol. The first kappa shape index (κ1) is 12.8. The third kappa shape index (κ3) is 3.09. The molecule has 88 valence electrons. The van der Waals surface area contributed by atoms with Gasteiger partial charge in [0.2, 0.25) is 0 Å². The van der Waals surface area contributed by atoms with Crippen LogP contribution in [0.15, 0.2) is 18.2 Å². The van der Waals surface area contributed by atoms with Crippen molar-refractivity contribution in [2.75, 3.05) is 0 Å². The minimum Gasteiger partial charge on any atom is -0.483 e. The van der Waals surface area contributed by atoms with Crippen LogP contribution in [0, 0.1) is 6.92 Å². The minimum atomic E-state index is -0.374. The summed E-state index contributed by atoms with van der Waals surface area (Å²) in [6, 6.07) is 6.17. The largest absolute Gasteiger partial charge is 0.483 e. The number of carbonyl (C=O) groups excluding carboxylic acids is 1. The second-order valence-electron chi connectivity index (χ2n) is 4.55. The van der Waals surface area contributed by atoms with Crippen molar-refractivity contribution in [3.8, 4) is 5.75 Å². The van der Waals surface area contributed by atoms with Gasteiger partial charge in [-0.3, -0.25) is 4.79 Å². The molecule has 0 N–H and O–H groups in total. The highest BCUT2D eigenvalue weighted by Gasteiger charge is 2.11. The highest BCUT2D eigenvalue weighted by molar-refractivity contribution is 5.80. The zero-order valence-corrected chi connectivity index (χ0v) is 10.7. The first-order chi connectivity index (χ1) is 7.41. The van der Waals surface area contributed by atoms with Crippen molar-refractivity contribution in [3.63, 3.8) is 0 Å². The predicted molar refractivity (Wildman–Crippen MR) is 66.0 cm³/mol. The Morgan fingerprint density at radius 3 is 2.38 bits per heavy atom. The van der Waals surface area contributed by atoms with Crippen LogP contribution in [0.1, 0.15) is 44.7 Å². The Labute approximate surface area is 97.6 Å².